The van der Waals surface area contributed by atoms with Crippen LogP contribution in [0.4, 0.5) is 14.6 Å². The van der Waals surface area contributed by atoms with Crippen LogP contribution < -0.4 is 5.32 Å². The molecular formula is C12H15BrF2N2. The lowest BCUT2D eigenvalue weighted by atomic mass is 9.95. The van der Waals surface area contributed by atoms with E-state index in [0.29, 0.717) is 10.3 Å². The highest BCUT2D eigenvalue weighted by atomic mass is 79.9. The number of hydrogen-bond acceptors (Lipinski definition) is 2. The van der Waals surface area contributed by atoms with Crippen LogP contribution in [0.1, 0.15) is 44.1 Å². The van der Waals surface area contributed by atoms with E-state index in [9.17, 15) is 8.78 Å². The summed E-state index contributed by atoms with van der Waals surface area (Å²) < 4.78 is 26.3. The molecule has 1 heterocycles. The van der Waals surface area contributed by atoms with E-state index < -0.39 is 6.43 Å². The smallest absolute Gasteiger partial charge is 0.267 e. The van der Waals surface area contributed by atoms with E-state index in [1.54, 1.807) is 6.20 Å². The first-order valence-corrected chi connectivity index (χ1v) is 6.66. The van der Waals surface area contributed by atoms with E-state index in [2.05, 4.69) is 26.2 Å². The highest BCUT2D eigenvalue weighted by Gasteiger charge is 2.19. The molecule has 1 aliphatic carbocycles. The molecule has 1 saturated carbocycles. The van der Waals surface area contributed by atoms with Gasteiger partial charge in [-0.3, -0.25) is 0 Å². The van der Waals surface area contributed by atoms with Gasteiger partial charge in [0.05, 0.1) is 5.56 Å². The van der Waals surface area contributed by atoms with Crippen LogP contribution in [0.2, 0.25) is 0 Å². The molecule has 0 unspecified atom stereocenters. The number of pyridine rings is 1. The van der Waals surface area contributed by atoms with Crippen LogP contribution in [-0.4, -0.2) is 11.0 Å². The third-order valence-electron chi connectivity index (χ3n) is 3.06. The Morgan fingerprint density at radius 2 is 2.00 bits per heavy atom. The maximum atomic E-state index is 12.9. The Hall–Kier alpha value is -0.710. The summed E-state index contributed by atoms with van der Waals surface area (Å²) in [5.41, 5.74) is -0.0232. The molecule has 0 atom stereocenters. The van der Waals surface area contributed by atoms with Gasteiger partial charge in [0.25, 0.3) is 6.43 Å². The minimum absolute atomic E-state index is 0.0232. The predicted octanol–water partition coefficient (Wildman–Crippen LogP) is 4.53. The van der Waals surface area contributed by atoms with Crippen molar-refractivity contribution >= 4 is 21.7 Å². The number of halogens is 3. The summed E-state index contributed by atoms with van der Waals surface area (Å²) in [6.07, 6.45) is 4.72. The Morgan fingerprint density at radius 3 is 2.65 bits per heavy atom. The monoisotopic (exact) mass is 304 g/mol. The number of anilines is 1. The van der Waals surface area contributed by atoms with E-state index >= 15 is 0 Å². The van der Waals surface area contributed by atoms with Crippen molar-refractivity contribution in [2.75, 3.05) is 5.32 Å². The average Bonchev–Trinajstić information content (AvgIpc) is 2.32. The van der Waals surface area contributed by atoms with Crippen LogP contribution in [0.5, 0.6) is 0 Å². The molecule has 2 rings (SSSR count). The molecule has 0 aromatic carbocycles. The van der Waals surface area contributed by atoms with Gasteiger partial charge in [0.2, 0.25) is 0 Å². The van der Waals surface area contributed by atoms with Crippen LogP contribution in [0.25, 0.3) is 0 Å². The first-order valence-electron chi connectivity index (χ1n) is 5.87. The zero-order chi connectivity index (χ0) is 12.3. The Bertz CT molecular complexity index is 379. The molecule has 2 nitrogen and oxygen atoms in total. The van der Waals surface area contributed by atoms with E-state index in [1.165, 1.54) is 12.5 Å². The third-order valence-corrected chi connectivity index (χ3v) is 3.50. The highest BCUT2D eigenvalue weighted by molar-refractivity contribution is 9.10. The zero-order valence-electron chi connectivity index (χ0n) is 9.43. The quantitative estimate of drug-likeness (QED) is 0.887. The number of rotatable bonds is 3. The molecule has 0 spiro atoms. The molecule has 0 amide bonds. The Balaban J connectivity index is 2.13. The average molecular weight is 305 g/mol. The standard InChI is InChI=1S/C12H15BrF2N2/c13-8-6-10(11(14)15)12(16-7-8)17-9-4-2-1-3-5-9/h6-7,9,11H,1-5H2,(H,16,17). The molecule has 0 saturated heterocycles. The van der Waals surface area contributed by atoms with Crippen molar-refractivity contribution in [3.63, 3.8) is 0 Å². The van der Waals surface area contributed by atoms with Crippen LogP contribution >= 0.6 is 15.9 Å². The number of nitrogens with zero attached hydrogens (tertiary/aromatic N) is 1. The maximum Gasteiger partial charge on any atom is 0.267 e. The van der Waals surface area contributed by atoms with Gasteiger partial charge in [-0.25, -0.2) is 13.8 Å². The van der Waals surface area contributed by atoms with Crippen molar-refractivity contribution in [1.82, 2.24) is 4.98 Å². The molecule has 5 heteroatoms. The summed E-state index contributed by atoms with van der Waals surface area (Å²) >= 11 is 3.17. The lowest BCUT2D eigenvalue weighted by Crippen LogP contribution is -2.23. The molecule has 1 aromatic heterocycles. The maximum absolute atomic E-state index is 12.9. The summed E-state index contributed by atoms with van der Waals surface area (Å²) in [7, 11) is 0. The molecule has 94 valence electrons. The van der Waals surface area contributed by atoms with Crippen molar-refractivity contribution in [2.24, 2.45) is 0 Å². The lowest BCUT2D eigenvalue weighted by molar-refractivity contribution is 0.151. The summed E-state index contributed by atoms with van der Waals surface area (Å²) in [5, 5.41) is 3.15. The second-order valence-electron chi connectivity index (χ2n) is 4.37. The Kier molecular flexibility index (Phi) is 4.31. The van der Waals surface area contributed by atoms with Crippen molar-refractivity contribution < 1.29 is 8.78 Å². The fourth-order valence-corrected chi connectivity index (χ4v) is 2.53. The SMILES string of the molecule is FC(F)c1cc(Br)cnc1NC1CCCCC1. The van der Waals surface area contributed by atoms with Gasteiger partial charge in [0.15, 0.2) is 0 Å². The van der Waals surface area contributed by atoms with Gasteiger partial charge in [-0.05, 0) is 34.8 Å². The highest BCUT2D eigenvalue weighted by Crippen LogP contribution is 2.30. The number of nitrogens with one attached hydrogen (secondary N) is 1. The normalized spacial score (nSPS) is 17.4. The summed E-state index contributed by atoms with van der Waals surface area (Å²) in [4.78, 5) is 4.06. The summed E-state index contributed by atoms with van der Waals surface area (Å²) in [5.74, 6) is 0.329. The second-order valence-corrected chi connectivity index (χ2v) is 5.29. The summed E-state index contributed by atoms with van der Waals surface area (Å²) in [6.45, 7) is 0. The van der Waals surface area contributed by atoms with Gasteiger partial charge in [-0.2, -0.15) is 0 Å². The number of alkyl halides is 2. The van der Waals surface area contributed by atoms with E-state index in [4.69, 9.17) is 0 Å². The predicted molar refractivity (Wildman–Crippen MR) is 67.4 cm³/mol. The molecule has 1 aromatic rings. The molecule has 1 aliphatic rings. The van der Waals surface area contributed by atoms with Gasteiger partial charge < -0.3 is 5.32 Å². The first-order chi connectivity index (χ1) is 8.16. The van der Waals surface area contributed by atoms with Crippen molar-refractivity contribution in [2.45, 2.75) is 44.6 Å². The minimum Gasteiger partial charge on any atom is -0.367 e. The molecule has 0 aliphatic heterocycles. The molecule has 1 fully saturated rings. The zero-order valence-corrected chi connectivity index (χ0v) is 11.0. The van der Waals surface area contributed by atoms with Crippen LogP contribution in [0.3, 0.4) is 0 Å². The first kappa shape index (κ1) is 12.7. The Labute approximate surface area is 108 Å². The molecule has 17 heavy (non-hydrogen) atoms. The van der Waals surface area contributed by atoms with Gasteiger partial charge in [-0.15, -0.1) is 0 Å². The lowest BCUT2D eigenvalue weighted by Gasteiger charge is -2.24. The number of aromatic nitrogens is 1. The van der Waals surface area contributed by atoms with Crippen molar-refractivity contribution in [3.05, 3.63) is 22.3 Å². The molecule has 0 bridgehead atoms. The van der Waals surface area contributed by atoms with Gasteiger partial charge >= 0.3 is 0 Å². The van der Waals surface area contributed by atoms with Gasteiger partial charge in [0, 0.05) is 16.7 Å². The topological polar surface area (TPSA) is 24.9 Å². The van der Waals surface area contributed by atoms with E-state index in [0.717, 1.165) is 25.7 Å². The molecular weight excluding hydrogens is 290 g/mol. The molecule has 0 radical (unpaired) electrons. The molecule has 1 N–H and O–H groups in total. The van der Waals surface area contributed by atoms with Gasteiger partial charge in [0.1, 0.15) is 5.82 Å². The van der Waals surface area contributed by atoms with E-state index in [-0.39, 0.29) is 11.6 Å². The number of hydrogen-bond donors (Lipinski definition) is 1. The third kappa shape index (κ3) is 3.37. The van der Waals surface area contributed by atoms with Crippen LogP contribution in [0, 0.1) is 0 Å². The minimum atomic E-state index is -2.49. The van der Waals surface area contributed by atoms with E-state index in [1.807, 2.05) is 0 Å². The largest absolute Gasteiger partial charge is 0.367 e. The Morgan fingerprint density at radius 1 is 1.29 bits per heavy atom. The fourth-order valence-electron chi connectivity index (χ4n) is 2.18. The van der Waals surface area contributed by atoms with Crippen molar-refractivity contribution in [3.8, 4) is 0 Å². The fraction of sp³-hybridized carbons (Fsp3) is 0.583. The second kappa shape index (κ2) is 5.76. The van der Waals surface area contributed by atoms with Crippen LogP contribution in [-0.2, 0) is 0 Å². The van der Waals surface area contributed by atoms with Gasteiger partial charge in [-0.1, -0.05) is 19.3 Å². The summed E-state index contributed by atoms with van der Waals surface area (Å²) in [6, 6.07) is 1.72. The van der Waals surface area contributed by atoms with Crippen molar-refractivity contribution in [1.29, 1.82) is 0 Å². The van der Waals surface area contributed by atoms with Crippen LogP contribution in [0.15, 0.2) is 16.7 Å².